The molecule has 0 amide bonds. The summed E-state index contributed by atoms with van der Waals surface area (Å²) in [7, 11) is -3.72. The maximum absolute atomic E-state index is 13.3. The van der Waals surface area contributed by atoms with Gasteiger partial charge in [-0.2, -0.15) is 0 Å². The van der Waals surface area contributed by atoms with E-state index in [1.54, 1.807) is 6.92 Å². The molecule has 0 spiro atoms. The Morgan fingerprint density at radius 1 is 1.19 bits per heavy atom. The lowest BCUT2D eigenvalue weighted by atomic mass is 9.99. The molecule has 2 atom stereocenters. The van der Waals surface area contributed by atoms with E-state index in [2.05, 4.69) is 28.7 Å². The molecule has 0 aliphatic carbocycles. The van der Waals surface area contributed by atoms with E-state index >= 15 is 0 Å². The van der Waals surface area contributed by atoms with Gasteiger partial charge in [-0.05, 0) is 74.1 Å². The average Bonchev–Trinajstić information content (AvgIpc) is 2.61. The second-order valence-corrected chi connectivity index (χ2v) is 9.22. The summed E-state index contributed by atoms with van der Waals surface area (Å²) in [5.74, 6) is 0.255. The smallest absolute Gasteiger partial charge is 0.241 e. The molecule has 146 valence electrons. The van der Waals surface area contributed by atoms with Crippen molar-refractivity contribution in [3.8, 4) is 0 Å². The minimum absolute atomic E-state index is 0.106. The van der Waals surface area contributed by atoms with Gasteiger partial charge in [0.15, 0.2) is 0 Å². The van der Waals surface area contributed by atoms with Crippen LogP contribution in [-0.2, 0) is 10.0 Å². The molecule has 3 rings (SSSR count). The Kier molecular flexibility index (Phi) is 5.86. The van der Waals surface area contributed by atoms with Crippen molar-refractivity contribution < 1.29 is 12.8 Å². The number of nitrogens with zero attached hydrogens (tertiary/aromatic N) is 1. The Morgan fingerprint density at radius 2 is 1.89 bits per heavy atom. The summed E-state index contributed by atoms with van der Waals surface area (Å²) < 4.78 is 41.3. The van der Waals surface area contributed by atoms with Crippen LogP contribution in [0.4, 0.5) is 10.1 Å². The van der Waals surface area contributed by atoms with Gasteiger partial charge < -0.3 is 4.90 Å². The first-order valence-corrected chi connectivity index (χ1v) is 10.9. The minimum atomic E-state index is -3.72. The first-order chi connectivity index (χ1) is 12.8. The van der Waals surface area contributed by atoms with Gasteiger partial charge in [0.25, 0.3) is 0 Å². The Labute approximate surface area is 161 Å². The van der Waals surface area contributed by atoms with E-state index in [1.807, 2.05) is 19.1 Å². The quantitative estimate of drug-likeness (QED) is 0.823. The van der Waals surface area contributed by atoms with Gasteiger partial charge in [0.05, 0.1) is 4.90 Å². The molecule has 1 aliphatic heterocycles. The highest BCUT2D eigenvalue weighted by Crippen LogP contribution is 2.25. The summed E-state index contributed by atoms with van der Waals surface area (Å²) in [5.41, 5.74) is 2.46. The molecule has 0 bridgehead atoms. The number of benzene rings is 2. The molecular weight excluding hydrogens is 363 g/mol. The van der Waals surface area contributed by atoms with Crippen LogP contribution < -0.4 is 9.62 Å². The fourth-order valence-corrected chi connectivity index (χ4v) is 5.13. The predicted molar refractivity (Wildman–Crippen MR) is 107 cm³/mol. The van der Waals surface area contributed by atoms with Crippen molar-refractivity contribution in [2.24, 2.45) is 5.92 Å². The van der Waals surface area contributed by atoms with E-state index in [0.29, 0.717) is 11.5 Å². The molecule has 0 unspecified atom stereocenters. The molecule has 1 heterocycles. The maximum atomic E-state index is 13.3. The highest BCUT2D eigenvalue weighted by molar-refractivity contribution is 7.89. The minimum Gasteiger partial charge on any atom is -0.371 e. The van der Waals surface area contributed by atoms with Gasteiger partial charge in [0, 0.05) is 24.8 Å². The zero-order valence-electron chi connectivity index (χ0n) is 16.1. The summed E-state index contributed by atoms with van der Waals surface area (Å²) in [6.45, 7) is 7.81. The number of halogens is 1. The Bertz CT molecular complexity index is 897. The molecule has 2 aromatic carbocycles. The number of rotatable bonds is 5. The molecule has 0 radical (unpaired) electrons. The van der Waals surface area contributed by atoms with Crippen LogP contribution in [0.25, 0.3) is 0 Å². The number of piperidine rings is 1. The number of sulfonamides is 1. The fourth-order valence-electron chi connectivity index (χ4n) is 3.68. The summed E-state index contributed by atoms with van der Waals surface area (Å²) >= 11 is 0. The normalized spacial score (nSPS) is 19.1. The number of anilines is 1. The SMILES string of the molecule is Cc1cc(F)ccc1S(=O)(=O)N[C@H](C)c1ccc(N2CCC[C@@H](C)C2)cc1. The van der Waals surface area contributed by atoms with Crippen molar-refractivity contribution in [3.05, 3.63) is 59.4 Å². The molecule has 27 heavy (non-hydrogen) atoms. The van der Waals surface area contributed by atoms with Crippen LogP contribution in [0.3, 0.4) is 0 Å². The van der Waals surface area contributed by atoms with Gasteiger partial charge in [-0.1, -0.05) is 19.1 Å². The number of hydrogen-bond acceptors (Lipinski definition) is 3. The number of hydrogen-bond donors (Lipinski definition) is 1. The third-order valence-electron chi connectivity index (χ3n) is 5.17. The van der Waals surface area contributed by atoms with Gasteiger partial charge in [-0.15, -0.1) is 0 Å². The lowest BCUT2D eigenvalue weighted by molar-refractivity contribution is 0.447. The van der Waals surface area contributed by atoms with Gasteiger partial charge in [0.1, 0.15) is 5.82 Å². The van der Waals surface area contributed by atoms with E-state index < -0.39 is 15.8 Å². The van der Waals surface area contributed by atoms with E-state index in [-0.39, 0.29) is 10.9 Å². The standard InChI is InChI=1S/C21H27FN2O2S/c1-15-5-4-12-24(14-15)20-9-6-18(7-10-20)17(3)23-27(25,26)21-11-8-19(22)13-16(21)2/h6-11,13,15,17,23H,4-5,12,14H2,1-3H3/t15-,17-/m1/s1. The van der Waals surface area contributed by atoms with Crippen molar-refractivity contribution in [1.29, 1.82) is 0 Å². The molecule has 1 fully saturated rings. The van der Waals surface area contributed by atoms with Gasteiger partial charge >= 0.3 is 0 Å². The molecule has 1 aliphatic rings. The van der Waals surface area contributed by atoms with Gasteiger partial charge in [-0.25, -0.2) is 17.5 Å². The van der Waals surface area contributed by atoms with Crippen molar-refractivity contribution in [2.45, 2.75) is 44.6 Å². The molecule has 1 saturated heterocycles. The van der Waals surface area contributed by atoms with Crippen LogP contribution in [0, 0.1) is 18.7 Å². The van der Waals surface area contributed by atoms with Crippen LogP contribution in [0.15, 0.2) is 47.4 Å². The second-order valence-electron chi connectivity index (χ2n) is 7.54. The predicted octanol–water partition coefficient (Wildman–Crippen LogP) is 4.41. The largest absolute Gasteiger partial charge is 0.371 e. The van der Waals surface area contributed by atoms with Crippen LogP contribution in [0.1, 0.15) is 43.9 Å². The Hall–Kier alpha value is -1.92. The van der Waals surface area contributed by atoms with E-state index in [1.165, 1.54) is 36.7 Å². The third kappa shape index (κ3) is 4.68. The Balaban J connectivity index is 1.73. The molecule has 0 aromatic heterocycles. The summed E-state index contributed by atoms with van der Waals surface area (Å²) in [6, 6.07) is 11.4. The third-order valence-corrected chi connectivity index (χ3v) is 6.87. The molecule has 6 heteroatoms. The average molecular weight is 391 g/mol. The first kappa shape index (κ1) is 19.8. The van der Waals surface area contributed by atoms with Crippen molar-refractivity contribution in [3.63, 3.8) is 0 Å². The highest BCUT2D eigenvalue weighted by Gasteiger charge is 2.21. The number of aryl methyl sites for hydroxylation is 1. The van der Waals surface area contributed by atoms with Gasteiger partial charge in [0.2, 0.25) is 10.0 Å². The van der Waals surface area contributed by atoms with E-state index in [9.17, 15) is 12.8 Å². The van der Waals surface area contributed by atoms with Crippen molar-refractivity contribution in [1.82, 2.24) is 4.72 Å². The van der Waals surface area contributed by atoms with Crippen molar-refractivity contribution in [2.75, 3.05) is 18.0 Å². The maximum Gasteiger partial charge on any atom is 0.241 e. The lowest BCUT2D eigenvalue weighted by Crippen LogP contribution is -2.34. The molecule has 0 saturated carbocycles. The Morgan fingerprint density at radius 3 is 2.52 bits per heavy atom. The lowest BCUT2D eigenvalue weighted by Gasteiger charge is -2.33. The van der Waals surface area contributed by atoms with E-state index in [0.717, 1.165) is 18.7 Å². The monoisotopic (exact) mass is 390 g/mol. The first-order valence-electron chi connectivity index (χ1n) is 9.39. The van der Waals surface area contributed by atoms with Crippen LogP contribution in [0.2, 0.25) is 0 Å². The van der Waals surface area contributed by atoms with Crippen LogP contribution in [-0.4, -0.2) is 21.5 Å². The zero-order chi connectivity index (χ0) is 19.6. The van der Waals surface area contributed by atoms with Crippen molar-refractivity contribution >= 4 is 15.7 Å². The fraction of sp³-hybridized carbons (Fsp3) is 0.429. The van der Waals surface area contributed by atoms with E-state index in [4.69, 9.17) is 0 Å². The van der Waals surface area contributed by atoms with Crippen LogP contribution in [0.5, 0.6) is 0 Å². The molecule has 2 aromatic rings. The molecular formula is C21H27FN2O2S. The summed E-state index contributed by atoms with van der Waals surface area (Å²) in [4.78, 5) is 2.49. The topological polar surface area (TPSA) is 49.4 Å². The van der Waals surface area contributed by atoms with Crippen LogP contribution >= 0.6 is 0 Å². The van der Waals surface area contributed by atoms with Gasteiger partial charge in [-0.3, -0.25) is 0 Å². The molecule has 4 nitrogen and oxygen atoms in total. The zero-order valence-corrected chi connectivity index (χ0v) is 16.9. The summed E-state index contributed by atoms with van der Waals surface area (Å²) in [6.07, 6.45) is 2.48. The number of nitrogens with one attached hydrogen (secondary N) is 1. The molecule has 1 N–H and O–H groups in total. The summed E-state index contributed by atoms with van der Waals surface area (Å²) in [5, 5.41) is 0. The highest BCUT2D eigenvalue weighted by atomic mass is 32.2. The second kappa shape index (κ2) is 7.98.